The average Bonchev–Trinajstić information content (AvgIpc) is 2.83. The predicted molar refractivity (Wildman–Crippen MR) is 127 cm³/mol. The lowest BCUT2D eigenvalue weighted by Gasteiger charge is -2.13. The number of carboxylic acid groups (broad SMARTS) is 1. The molecule has 0 aliphatic carbocycles. The summed E-state index contributed by atoms with van der Waals surface area (Å²) >= 11 is 0. The second kappa shape index (κ2) is 11.5. The topological polar surface area (TPSA) is 84.9 Å². The fourth-order valence-electron chi connectivity index (χ4n) is 3.24. The molecular formula is C27H27NO5. The quantitative estimate of drug-likeness (QED) is 0.452. The van der Waals surface area contributed by atoms with Gasteiger partial charge in [0.2, 0.25) is 5.91 Å². The van der Waals surface area contributed by atoms with Crippen molar-refractivity contribution < 1.29 is 24.2 Å². The zero-order chi connectivity index (χ0) is 23.6. The Kier molecular flexibility index (Phi) is 8.24. The highest BCUT2D eigenvalue weighted by Gasteiger charge is 2.19. The Hall–Kier alpha value is -4.06. The molecule has 33 heavy (non-hydrogen) atoms. The molecule has 3 aromatic carbocycles. The minimum Gasteiger partial charge on any atom is -0.496 e. The van der Waals surface area contributed by atoms with E-state index in [1.807, 2.05) is 79.7 Å². The third-order valence-corrected chi connectivity index (χ3v) is 5.08. The van der Waals surface area contributed by atoms with Crippen LogP contribution in [0.5, 0.6) is 11.5 Å². The van der Waals surface area contributed by atoms with Gasteiger partial charge in [-0.25, -0.2) is 4.79 Å². The minimum absolute atomic E-state index is 0.217. The standard InChI is InChI=1S/C27H27NO5/c1-19-8-9-22(17-25(19)32-2)18-33-23-13-10-20(11-14-23)12-15-26(29)28-24(27(30)31)16-21-6-4-3-5-7-21/h3-15,17,24H,16,18H2,1-2H3,(H,28,29)(H,30,31)/b15-12+/t24-/m0/s1. The van der Waals surface area contributed by atoms with E-state index >= 15 is 0 Å². The van der Waals surface area contributed by atoms with E-state index in [4.69, 9.17) is 9.47 Å². The van der Waals surface area contributed by atoms with E-state index in [1.54, 1.807) is 13.2 Å². The number of aliphatic carboxylic acids is 1. The van der Waals surface area contributed by atoms with E-state index in [0.29, 0.717) is 12.4 Å². The van der Waals surface area contributed by atoms with Gasteiger partial charge in [0.05, 0.1) is 7.11 Å². The van der Waals surface area contributed by atoms with E-state index in [-0.39, 0.29) is 6.42 Å². The molecule has 0 saturated carbocycles. The van der Waals surface area contributed by atoms with Crippen molar-refractivity contribution in [3.8, 4) is 11.5 Å². The molecule has 0 unspecified atom stereocenters. The summed E-state index contributed by atoms with van der Waals surface area (Å²) in [6.07, 6.45) is 3.18. The van der Waals surface area contributed by atoms with Gasteiger partial charge in [-0.3, -0.25) is 4.79 Å². The highest BCUT2D eigenvalue weighted by Crippen LogP contribution is 2.21. The third kappa shape index (κ3) is 7.25. The van der Waals surface area contributed by atoms with Gasteiger partial charge in [0.15, 0.2) is 0 Å². The lowest BCUT2D eigenvalue weighted by Crippen LogP contribution is -2.41. The van der Waals surface area contributed by atoms with E-state index < -0.39 is 17.9 Å². The van der Waals surface area contributed by atoms with Gasteiger partial charge in [0, 0.05) is 12.5 Å². The highest BCUT2D eigenvalue weighted by atomic mass is 16.5. The van der Waals surface area contributed by atoms with Crippen LogP contribution in [-0.4, -0.2) is 30.1 Å². The first-order chi connectivity index (χ1) is 15.9. The highest BCUT2D eigenvalue weighted by molar-refractivity contribution is 5.94. The van der Waals surface area contributed by atoms with Crippen LogP contribution in [0.3, 0.4) is 0 Å². The van der Waals surface area contributed by atoms with Crippen molar-refractivity contribution in [3.63, 3.8) is 0 Å². The zero-order valence-corrected chi connectivity index (χ0v) is 18.7. The van der Waals surface area contributed by atoms with Gasteiger partial charge >= 0.3 is 5.97 Å². The molecule has 0 aliphatic rings. The average molecular weight is 446 g/mol. The number of benzene rings is 3. The SMILES string of the molecule is COc1cc(COc2ccc(/C=C/C(=O)N[C@@H](Cc3ccccc3)C(=O)O)cc2)ccc1C. The van der Waals surface area contributed by atoms with E-state index in [0.717, 1.165) is 28.0 Å². The number of carbonyl (C=O) groups excluding carboxylic acids is 1. The Bertz CT molecular complexity index is 1110. The number of carboxylic acids is 1. The molecule has 0 bridgehead atoms. The van der Waals surface area contributed by atoms with Crippen LogP contribution in [0.15, 0.2) is 78.9 Å². The van der Waals surface area contributed by atoms with Gasteiger partial charge in [0.1, 0.15) is 24.1 Å². The van der Waals surface area contributed by atoms with Crippen LogP contribution in [0.4, 0.5) is 0 Å². The molecule has 6 nitrogen and oxygen atoms in total. The van der Waals surface area contributed by atoms with Crippen molar-refractivity contribution in [2.24, 2.45) is 0 Å². The van der Waals surface area contributed by atoms with Gasteiger partial charge in [0.25, 0.3) is 0 Å². The van der Waals surface area contributed by atoms with Crippen molar-refractivity contribution in [3.05, 3.63) is 101 Å². The van der Waals surface area contributed by atoms with Gasteiger partial charge in [-0.15, -0.1) is 0 Å². The molecule has 0 saturated heterocycles. The van der Waals surface area contributed by atoms with E-state index in [2.05, 4.69) is 5.32 Å². The van der Waals surface area contributed by atoms with Gasteiger partial charge in [-0.2, -0.15) is 0 Å². The van der Waals surface area contributed by atoms with Crippen LogP contribution >= 0.6 is 0 Å². The Labute approximate surface area is 193 Å². The third-order valence-electron chi connectivity index (χ3n) is 5.08. The van der Waals surface area contributed by atoms with Crippen molar-refractivity contribution in [2.75, 3.05) is 7.11 Å². The van der Waals surface area contributed by atoms with E-state index in [9.17, 15) is 14.7 Å². The normalized spacial score (nSPS) is 11.7. The van der Waals surface area contributed by atoms with Gasteiger partial charge in [-0.05, 0) is 53.5 Å². The molecule has 2 N–H and O–H groups in total. The summed E-state index contributed by atoms with van der Waals surface area (Å²) in [4.78, 5) is 23.7. The number of hydrogen-bond acceptors (Lipinski definition) is 4. The summed E-state index contributed by atoms with van der Waals surface area (Å²) < 4.78 is 11.2. The lowest BCUT2D eigenvalue weighted by molar-refractivity contribution is -0.141. The second-order valence-corrected chi connectivity index (χ2v) is 7.58. The van der Waals surface area contributed by atoms with Gasteiger partial charge in [-0.1, -0.05) is 54.6 Å². The first kappa shape index (κ1) is 23.6. The van der Waals surface area contributed by atoms with Gasteiger partial charge < -0.3 is 19.9 Å². The van der Waals surface area contributed by atoms with Crippen LogP contribution < -0.4 is 14.8 Å². The van der Waals surface area contributed by atoms with Crippen LogP contribution in [0, 0.1) is 6.92 Å². The minimum atomic E-state index is -1.08. The molecule has 170 valence electrons. The fraction of sp³-hybridized carbons (Fsp3) is 0.185. The number of aryl methyl sites for hydroxylation is 1. The largest absolute Gasteiger partial charge is 0.496 e. The summed E-state index contributed by atoms with van der Waals surface area (Å²) in [7, 11) is 1.64. The molecule has 0 heterocycles. The molecule has 0 fully saturated rings. The molecule has 3 aromatic rings. The van der Waals surface area contributed by atoms with Crippen LogP contribution in [-0.2, 0) is 22.6 Å². The fourth-order valence-corrected chi connectivity index (χ4v) is 3.24. The van der Waals surface area contributed by atoms with E-state index in [1.165, 1.54) is 6.08 Å². The van der Waals surface area contributed by atoms with Crippen LogP contribution in [0.2, 0.25) is 0 Å². The molecule has 0 aliphatic heterocycles. The van der Waals surface area contributed by atoms with Crippen LogP contribution in [0.25, 0.3) is 6.08 Å². The Morgan fingerprint density at radius 1 is 1.00 bits per heavy atom. The number of amides is 1. The number of rotatable bonds is 10. The summed E-state index contributed by atoms with van der Waals surface area (Å²) in [5, 5.41) is 12.0. The summed E-state index contributed by atoms with van der Waals surface area (Å²) in [6, 6.07) is 21.4. The monoisotopic (exact) mass is 445 g/mol. The molecule has 0 radical (unpaired) electrons. The molecular weight excluding hydrogens is 418 g/mol. The zero-order valence-electron chi connectivity index (χ0n) is 18.7. The van der Waals surface area contributed by atoms with Crippen LogP contribution in [0.1, 0.15) is 22.3 Å². The van der Waals surface area contributed by atoms with Crippen molar-refractivity contribution in [2.45, 2.75) is 26.0 Å². The smallest absolute Gasteiger partial charge is 0.326 e. The van der Waals surface area contributed by atoms with Crippen molar-refractivity contribution in [1.29, 1.82) is 0 Å². The Morgan fingerprint density at radius 3 is 2.39 bits per heavy atom. The lowest BCUT2D eigenvalue weighted by atomic mass is 10.1. The maximum absolute atomic E-state index is 12.2. The first-order valence-corrected chi connectivity index (χ1v) is 10.6. The molecule has 3 rings (SSSR count). The number of carbonyl (C=O) groups is 2. The molecule has 0 aromatic heterocycles. The maximum Gasteiger partial charge on any atom is 0.326 e. The Morgan fingerprint density at radius 2 is 1.73 bits per heavy atom. The second-order valence-electron chi connectivity index (χ2n) is 7.58. The van der Waals surface area contributed by atoms with Crippen molar-refractivity contribution in [1.82, 2.24) is 5.32 Å². The summed E-state index contributed by atoms with van der Waals surface area (Å²) in [6.45, 7) is 2.40. The molecule has 1 atom stereocenters. The Balaban J connectivity index is 1.53. The number of nitrogens with one attached hydrogen (secondary N) is 1. The number of methoxy groups -OCH3 is 1. The molecule has 6 heteroatoms. The summed E-state index contributed by atoms with van der Waals surface area (Å²) in [5.41, 5.74) is 3.70. The van der Waals surface area contributed by atoms with Crippen molar-refractivity contribution >= 4 is 18.0 Å². The first-order valence-electron chi connectivity index (χ1n) is 10.6. The number of ether oxygens (including phenoxy) is 2. The predicted octanol–water partition coefficient (Wildman–Crippen LogP) is 4.41. The summed E-state index contributed by atoms with van der Waals surface area (Å²) in [5.74, 6) is -0.0195. The number of hydrogen-bond donors (Lipinski definition) is 2. The molecule has 0 spiro atoms. The molecule has 1 amide bonds. The maximum atomic E-state index is 12.2.